The van der Waals surface area contributed by atoms with Crippen molar-refractivity contribution in [2.24, 2.45) is 16.5 Å². The average molecular weight is 775 g/mol. The molecule has 292 valence electrons. The Balaban J connectivity index is 0.000000545. The van der Waals surface area contributed by atoms with Gasteiger partial charge in [-0.1, -0.05) is 24.5 Å². The van der Waals surface area contributed by atoms with Crippen LogP contribution in [0.1, 0.15) is 47.4 Å². The van der Waals surface area contributed by atoms with Crippen LogP contribution >= 0.6 is 0 Å². The number of amides is 1. The van der Waals surface area contributed by atoms with E-state index in [0.717, 1.165) is 42.2 Å². The molecule has 0 saturated heterocycles. The van der Waals surface area contributed by atoms with E-state index in [9.17, 15) is 44.3 Å². The number of aliphatic carboxylic acids is 3. The number of benzene rings is 1. The molecule has 2 atom stereocenters. The summed E-state index contributed by atoms with van der Waals surface area (Å²) >= 11 is 0. The van der Waals surface area contributed by atoms with E-state index in [2.05, 4.69) is 30.6 Å². The van der Waals surface area contributed by atoms with Crippen LogP contribution in [0.15, 0.2) is 47.7 Å². The van der Waals surface area contributed by atoms with E-state index in [1.807, 2.05) is 37.3 Å². The predicted octanol–water partition coefficient (Wildman–Crippen LogP) is 4.16. The summed E-state index contributed by atoms with van der Waals surface area (Å²) in [6.45, 7) is 2.38. The zero-order valence-corrected chi connectivity index (χ0v) is 27.1. The summed E-state index contributed by atoms with van der Waals surface area (Å²) < 4.78 is 95.2. The largest absolute Gasteiger partial charge is 0.490 e. The minimum atomic E-state index is -5.08. The fourth-order valence-corrected chi connectivity index (χ4v) is 4.02. The number of carboxylic acid groups (broad SMARTS) is 3. The van der Waals surface area contributed by atoms with Crippen molar-refractivity contribution in [2.75, 3.05) is 5.32 Å². The van der Waals surface area contributed by atoms with Gasteiger partial charge in [0.2, 0.25) is 5.82 Å². The standard InChI is InChI=1S/C23H28N8O.3C2HF3O2/c1-14-6-7-17-16(12-14)20(29-18-4-2-3-5-19(18)30-23(24)25)31-21(28-17)22(32)27-13-15-8-10-26-11-9-15;3*3-2(4,5)1(6)7/h6-12,18-19H,2-5,13H2,1H3,(H,27,32)(H4,24,25,30)(H,28,29,31);3*(H,6,7). The van der Waals surface area contributed by atoms with Gasteiger partial charge in [-0.15, -0.1) is 0 Å². The van der Waals surface area contributed by atoms with Gasteiger partial charge in [0.05, 0.1) is 17.6 Å². The fraction of sp³-hybridized carbons (Fsp3) is 0.379. The second-order valence-corrected chi connectivity index (χ2v) is 10.5. The number of aliphatic imine (C=N–C) groups is 1. The van der Waals surface area contributed by atoms with Gasteiger partial charge in [-0.05, 0) is 49.6 Å². The Kier molecular flexibility index (Phi) is 16.6. The van der Waals surface area contributed by atoms with Gasteiger partial charge >= 0.3 is 36.4 Å². The van der Waals surface area contributed by atoms with Crippen LogP contribution in [0.25, 0.3) is 10.9 Å². The van der Waals surface area contributed by atoms with Crippen LogP contribution in [0.5, 0.6) is 0 Å². The maximum Gasteiger partial charge on any atom is 0.490 e. The number of carbonyl (C=O) groups excluding carboxylic acids is 1. The Bertz CT molecular complexity index is 1680. The number of aromatic nitrogens is 3. The number of alkyl halides is 9. The highest BCUT2D eigenvalue weighted by atomic mass is 19.4. The van der Waals surface area contributed by atoms with Gasteiger partial charge in [0.1, 0.15) is 5.82 Å². The monoisotopic (exact) mass is 774 g/mol. The number of carboxylic acids is 3. The van der Waals surface area contributed by atoms with E-state index < -0.39 is 36.4 Å². The number of halogens is 9. The minimum absolute atomic E-state index is 0.0252. The lowest BCUT2D eigenvalue weighted by Gasteiger charge is -2.30. The van der Waals surface area contributed by atoms with E-state index in [-0.39, 0.29) is 29.8 Å². The predicted molar refractivity (Wildman–Crippen MR) is 166 cm³/mol. The normalized spacial score (nSPS) is 15.4. The smallest absolute Gasteiger partial charge is 0.475 e. The SMILES string of the molecule is Cc1ccc2nc(C(=O)NCc3ccncc3)nc(NC3CCCCC3N=C(N)N)c2c1.O=C(O)C(F)(F)F.O=C(O)C(F)(F)F.O=C(O)C(F)(F)F. The Morgan fingerprint density at radius 1 is 0.811 bits per heavy atom. The molecule has 1 aromatic carbocycles. The molecule has 0 bridgehead atoms. The summed E-state index contributed by atoms with van der Waals surface area (Å²) in [7, 11) is 0. The first-order valence-electron chi connectivity index (χ1n) is 14.5. The number of nitrogens with one attached hydrogen (secondary N) is 2. The number of hydrogen-bond donors (Lipinski definition) is 7. The third-order valence-corrected chi connectivity index (χ3v) is 6.35. The fourth-order valence-electron chi connectivity index (χ4n) is 4.02. The maximum absolute atomic E-state index is 12.8. The van der Waals surface area contributed by atoms with Crippen LogP contribution < -0.4 is 22.1 Å². The molecule has 9 N–H and O–H groups in total. The van der Waals surface area contributed by atoms with Gasteiger partial charge in [0.25, 0.3) is 5.91 Å². The molecule has 2 heterocycles. The molecule has 1 fully saturated rings. The van der Waals surface area contributed by atoms with Crippen LogP contribution in [-0.4, -0.2) is 90.7 Å². The molecule has 3 aromatic rings. The number of hydrogen-bond acceptors (Lipinski definition) is 9. The molecule has 24 heteroatoms. The van der Waals surface area contributed by atoms with E-state index in [0.29, 0.717) is 17.9 Å². The molecule has 2 aromatic heterocycles. The number of guanidine groups is 1. The number of nitrogens with zero attached hydrogens (tertiary/aromatic N) is 4. The number of anilines is 1. The zero-order valence-electron chi connectivity index (χ0n) is 27.1. The lowest BCUT2D eigenvalue weighted by atomic mass is 9.90. The molecular formula is C29H31F9N8O7. The maximum atomic E-state index is 12.8. The number of fused-ring (bicyclic) bond motifs is 1. The molecule has 4 rings (SSSR count). The van der Waals surface area contributed by atoms with Gasteiger partial charge in [0, 0.05) is 24.3 Å². The van der Waals surface area contributed by atoms with Gasteiger partial charge in [-0.2, -0.15) is 39.5 Å². The van der Waals surface area contributed by atoms with Crippen LogP contribution in [-0.2, 0) is 20.9 Å². The van der Waals surface area contributed by atoms with Crippen LogP contribution in [0.2, 0.25) is 0 Å². The number of aryl methyl sites for hydroxylation is 1. The quantitative estimate of drug-likeness (QED) is 0.106. The topological polar surface area (TPSA) is 256 Å². The molecule has 15 nitrogen and oxygen atoms in total. The van der Waals surface area contributed by atoms with E-state index in [1.165, 1.54) is 0 Å². The first-order chi connectivity index (χ1) is 24.3. The highest BCUT2D eigenvalue weighted by molar-refractivity contribution is 5.96. The van der Waals surface area contributed by atoms with Crippen molar-refractivity contribution in [2.45, 2.75) is 69.8 Å². The van der Waals surface area contributed by atoms with Crippen molar-refractivity contribution in [1.82, 2.24) is 20.3 Å². The highest BCUT2D eigenvalue weighted by Crippen LogP contribution is 2.28. The molecular weight excluding hydrogens is 743 g/mol. The van der Waals surface area contributed by atoms with Crippen molar-refractivity contribution in [3.63, 3.8) is 0 Å². The van der Waals surface area contributed by atoms with Crippen LogP contribution in [0.4, 0.5) is 45.3 Å². The average Bonchev–Trinajstić information content (AvgIpc) is 3.04. The second kappa shape index (κ2) is 19.6. The summed E-state index contributed by atoms with van der Waals surface area (Å²) in [5.74, 6) is -7.78. The van der Waals surface area contributed by atoms with E-state index in [1.54, 1.807) is 12.4 Å². The summed E-state index contributed by atoms with van der Waals surface area (Å²) in [6, 6.07) is 9.60. The second-order valence-electron chi connectivity index (χ2n) is 10.5. The lowest BCUT2D eigenvalue weighted by molar-refractivity contribution is -0.193. The van der Waals surface area contributed by atoms with Crippen molar-refractivity contribution < 1.29 is 74.0 Å². The van der Waals surface area contributed by atoms with Crippen molar-refractivity contribution in [1.29, 1.82) is 0 Å². The first-order valence-corrected chi connectivity index (χ1v) is 14.5. The number of nitrogens with two attached hydrogens (primary N) is 2. The Morgan fingerprint density at radius 3 is 1.77 bits per heavy atom. The highest BCUT2D eigenvalue weighted by Gasteiger charge is 2.39. The van der Waals surface area contributed by atoms with Crippen LogP contribution in [0, 0.1) is 6.92 Å². The summed E-state index contributed by atoms with van der Waals surface area (Å²) in [5, 5.41) is 28.6. The Labute approximate surface area is 292 Å². The lowest BCUT2D eigenvalue weighted by Crippen LogP contribution is -2.38. The zero-order chi connectivity index (χ0) is 40.7. The summed E-state index contributed by atoms with van der Waals surface area (Å²) in [5.41, 5.74) is 14.0. The van der Waals surface area contributed by atoms with Gasteiger partial charge in [-0.25, -0.2) is 29.3 Å². The summed E-state index contributed by atoms with van der Waals surface area (Å²) in [4.78, 5) is 57.1. The Hall–Kier alpha value is -5.97. The molecule has 0 aliphatic heterocycles. The molecule has 1 aliphatic rings. The summed E-state index contributed by atoms with van der Waals surface area (Å²) in [6.07, 6.45) is -7.90. The van der Waals surface area contributed by atoms with E-state index >= 15 is 0 Å². The molecule has 2 unspecified atom stereocenters. The molecule has 1 saturated carbocycles. The third-order valence-electron chi connectivity index (χ3n) is 6.35. The number of pyridine rings is 1. The van der Waals surface area contributed by atoms with Crippen LogP contribution in [0.3, 0.4) is 0 Å². The number of carbonyl (C=O) groups is 4. The molecule has 0 spiro atoms. The minimum Gasteiger partial charge on any atom is -0.475 e. The van der Waals surface area contributed by atoms with Gasteiger partial charge in [-0.3, -0.25) is 9.78 Å². The van der Waals surface area contributed by atoms with Gasteiger partial charge < -0.3 is 37.4 Å². The third kappa shape index (κ3) is 16.7. The number of rotatable bonds is 6. The molecule has 1 amide bonds. The molecule has 1 aliphatic carbocycles. The Morgan fingerprint density at radius 2 is 1.30 bits per heavy atom. The van der Waals surface area contributed by atoms with Crippen molar-refractivity contribution >= 4 is 46.5 Å². The van der Waals surface area contributed by atoms with Crippen molar-refractivity contribution in [3.8, 4) is 0 Å². The van der Waals surface area contributed by atoms with Gasteiger partial charge in [0.15, 0.2) is 5.96 Å². The molecule has 53 heavy (non-hydrogen) atoms. The van der Waals surface area contributed by atoms with E-state index in [4.69, 9.17) is 41.2 Å². The van der Waals surface area contributed by atoms with Crippen molar-refractivity contribution in [3.05, 3.63) is 59.7 Å². The first kappa shape index (κ1) is 45.1. The molecule has 0 radical (unpaired) electrons.